The number of hydrogen-bond donors (Lipinski definition) is 1. The predicted molar refractivity (Wildman–Crippen MR) is 112 cm³/mol. The van der Waals surface area contributed by atoms with Gasteiger partial charge in [0.15, 0.2) is 0 Å². The fourth-order valence-electron chi connectivity index (χ4n) is 3.79. The third-order valence-electron chi connectivity index (χ3n) is 5.12. The van der Waals surface area contributed by atoms with Crippen LogP contribution in [0, 0.1) is 10.8 Å². The maximum Gasteiger partial charge on any atom is 0.332 e. The lowest BCUT2D eigenvalue weighted by Gasteiger charge is -2.32. The second-order valence-electron chi connectivity index (χ2n) is 9.15. The number of allylic oxidation sites excluding steroid dienone is 9. The number of rotatable bonds is 5. The van der Waals surface area contributed by atoms with E-state index in [1.54, 1.807) is 0 Å². The summed E-state index contributed by atoms with van der Waals surface area (Å²) in [6.07, 6.45) is 14.0. The zero-order chi connectivity index (χ0) is 20.1. The van der Waals surface area contributed by atoms with Gasteiger partial charge in [-0.2, -0.15) is 0 Å². The van der Waals surface area contributed by atoms with Gasteiger partial charge in [-0.15, -0.1) is 0 Å². The van der Waals surface area contributed by atoms with E-state index >= 15 is 0 Å². The van der Waals surface area contributed by atoms with E-state index in [1.807, 2.05) is 45.9 Å². The van der Waals surface area contributed by atoms with Gasteiger partial charge in [0, 0.05) is 5.57 Å². The molecule has 0 unspecified atom stereocenters. The van der Waals surface area contributed by atoms with Crippen molar-refractivity contribution in [2.45, 2.75) is 74.7 Å². The van der Waals surface area contributed by atoms with Crippen molar-refractivity contribution in [1.29, 1.82) is 0 Å². The fourth-order valence-corrected chi connectivity index (χ4v) is 3.79. The summed E-state index contributed by atoms with van der Waals surface area (Å²) in [4.78, 5) is 11.5. The predicted octanol–water partition coefficient (Wildman–Crippen LogP) is 7.02. The first-order valence-corrected chi connectivity index (χ1v) is 9.54. The van der Waals surface area contributed by atoms with Crippen molar-refractivity contribution in [3.8, 4) is 0 Å². The van der Waals surface area contributed by atoms with E-state index in [-0.39, 0.29) is 10.8 Å². The van der Waals surface area contributed by atoms with Crippen LogP contribution in [0.4, 0.5) is 0 Å². The second-order valence-corrected chi connectivity index (χ2v) is 9.15. The maximum absolute atomic E-state index is 11.5. The Kier molecular flexibility index (Phi) is 7.44. The van der Waals surface area contributed by atoms with Crippen LogP contribution < -0.4 is 0 Å². The minimum Gasteiger partial charge on any atom is -0.478 e. The Morgan fingerprint density at radius 3 is 2.27 bits per heavy atom. The first-order chi connectivity index (χ1) is 11.9. The first kappa shape index (κ1) is 22.2. The summed E-state index contributed by atoms with van der Waals surface area (Å²) in [5, 5.41) is 9.47. The van der Waals surface area contributed by atoms with Gasteiger partial charge in [0.2, 0.25) is 0 Å². The molecule has 0 atom stereocenters. The highest BCUT2D eigenvalue weighted by atomic mass is 16.4. The van der Waals surface area contributed by atoms with Crippen LogP contribution in [0.2, 0.25) is 0 Å². The third kappa shape index (κ3) is 6.16. The SMILES string of the molecule is CC(C=CC1=C(C)CCCC1(C)C)=CC=CC(C)=C(C(=O)O)C(C)(C)C. The molecule has 1 aliphatic rings. The molecule has 1 rings (SSSR count). The Morgan fingerprint density at radius 1 is 1.15 bits per heavy atom. The van der Waals surface area contributed by atoms with E-state index in [9.17, 15) is 9.90 Å². The first-order valence-electron chi connectivity index (χ1n) is 9.54. The summed E-state index contributed by atoms with van der Waals surface area (Å²) in [6, 6.07) is 0. The molecule has 0 aromatic carbocycles. The van der Waals surface area contributed by atoms with Gasteiger partial charge < -0.3 is 5.11 Å². The van der Waals surface area contributed by atoms with Crippen LogP contribution in [0.25, 0.3) is 0 Å². The molecule has 0 amide bonds. The van der Waals surface area contributed by atoms with E-state index in [0.717, 1.165) is 11.1 Å². The van der Waals surface area contributed by atoms with Gasteiger partial charge in [0.25, 0.3) is 0 Å². The monoisotopic (exact) mass is 356 g/mol. The Labute approximate surface area is 160 Å². The molecule has 0 spiro atoms. The normalized spacial score (nSPS) is 20.1. The molecular formula is C24H36O2. The molecule has 0 saturated heterocycles. The van der Waals surface area contributed by atoms with Crippen molar-refractivity contribution < 1.29 is 9.90 Å². The molecule has 0 radical (unpaired) electrons. The van der Waals surface area contributed by atoms with Crippen molar-refractivity contribution in [2.75, 3.05) is 0 Å². The molecule has 144 valence electrons. The quantitative estimate of drug-likeness (QED) is 0.424. The standard InChI is InChI=1S/C24H36O2/c1-17(14-15-20-18(2)13-10-16-24(20,7)8)11-9-12-19(3)21(22(25)26)23(4,5)6/h9,11-12,14-15H,10,13,16H2,1-8H3,(H,25,26). The molecule has 0 fully saturated rings. The van der Waals surface area contributed by atoms with Gasteiger partial charge in [-0.05, 0) is 62.0 Å². The minimum atomic E-state index is -0.845. The van der Waals surface area contributed by atoms with Gasteiger partial charge in [0.05, 0.1) is 0 Å². The topological polar surface area (TPSA) is 37.3 Å². The van der Waals surface area contributed by atoms with E-state index in [2.05, 4.69) is 39.8 Å². The number of carboxylic acid groups (broad SMARTS) is 1. The molecular weight excluding hydrogens is 320 g/mol. The Hall–Kier alpha value is -1.83. The minimum absolute atomic E-state index is 0.247. The van der Waals surface area contributed by atoms with Crippen molar-refractivity contribution in [1.82, 2.24) is 0 Å². The van der Waals surface area contributed by atoms with Crippen LogP contribution in [0.3, 0.4) is 0 Å². The van der Waals surface area contributed by atoms with Crippen molar-refractivity contribution in [3.05, 3.63) is 58.2 Å². The maximum atomic E-state index is 11.5. The summed E-state index contributed by atoms with van der Waals surface area (Å²) in [5.41, 5.74) is 5.23. The molecule has 2 heteroatoms. The van der Waals surface area contributed by atoms with E-state index < -0.39 is 5.97 Å². The molecule has 1 N–H and O–H groups in total. The van der Waals surface area contributed by atoms with Crippen LogP contribution in [-0.4, -0.2) is 11.1 Å². The number of aliphatic carboxylic acids is 1. The molecule has 0 bridgehead atoms. The van der Waals surface area contributed by atoms with Crippen LogP contribution in [0.1, 0.15) is 74.7 Å². The number of carboxylic acids is 1. The summed E-state index contributed by atoms with van der Waals surface area (Å²) < 4.78 is 0. The Balaban J connectivity index is 2.98. The third-order valence-corrected chi connectivity index (χ3v) is 5.12. The van der Waals surface area contributed by atoms with Crippen LogP contribution in [0.15, 0.2) is 58.2 Å². The zero-order valence-electron chi connectivity index (χ0n) is 17.9. The Morgan fingerprint density at radius 2 is 1.77 bits per heavy atom. The largest absolute Gasteiger partial charge is 0.478 e. The van der Waals surface area contributed by atoms with Gasteiger partial charge in [-0.25, -0.2) is 4.79 Å². The number of hydrogen-bond acceptors (Lipinski definition) is 1. The molecule has 0 heterocycles. The van der Waals surface area contributed by atoms with E-state index in [4.69, 9.17) is 0 Å². The summed E-state index contributed by atoms with van der Waals surface area (Å²) in [7, 11) is 0. The summed E-state index contributed by atoms with van der Waals surface area (Å²) in [6.45, 7) is 16.6. The van der Waals surface area contributed by atoms with Gasteiger partial charge in [-0.1, -0.05) is 76.1 Å². The van der Waals surface area contributed by atoms with Gasteiger partial charge in [-0.3, -0.25) is 0 Å². The summed E-state index contributed by atoms with van der Waals surface area (Å²) in [5.74, 6) is -0.845. The Bertz CT molecular complexity index is 686. The molecule has 0 saturated carbocycles. The van der Waals surface area contributed by atoms with E-state index in [0.29, 0.717) is 5.57 Å². The lowest BCUT2D eigenvalue weighted by atomic mass is 9.72. The molecule has 0 aromatic rings. The van der Waals surface area contributed by atoms with E-state index in [1.165, 1.54) is 30.4 Å². The highest BCUT2D eigenvalue weighted by Gasteiger charge is 2.26. The van der Waals surface area contributed by atoms with Crippen LogP contribution in [0.5, 0.6) is 0 Å². The zero-order valence-corrected chi connectivity index (χ0v) is 17.9. The lowest BCUT2D eigenvalue weighted by molar-refractivity contribution is -0.133. The van der Waals surface area contributed by atoms with Crippen molar-refractivity contribution >= 4 is 5.97 Å². The molecule has 0 aromatic heterocycles. The van der Waals surface area contributed by atoms with Crippen LogP contribution in [-0.2, 0) is 4.79 Å². The highest BCUT2D eigenvalue weighted by Crippen LogP contribution is 2.40. The second kappa shape index (κ2) is 8.70. The average molecular weight is 357 g/mol. The van der Waals surface area contributed by atoms with Crippen LogP contribution >= 0.6 is 0 Å². The van der Waals surface area contributed by atoms with Gasteiger partial charge >= 0.3 is 5.97 Å². The smallest absolute Gasteiger partial charge is 0.332 e. The molecule has 26 heavy (non-hydrogen) atoms. The number of carbonyl (C=O) groups is 1. The molecule has 1 aliphatic carbocycles. The lowest BCUT2D eigenvalue weighted by Crippen LogP contribution is -2.19. The molecule has 0 aliphatic heterocycles. The van der Waals surface area contributed by atoms with Crippen molar-refractivity contribution in [2.24, 2.45) is 10.8 Å². The summed E-state index contributed by atoms with van der Waals surface area (Å²) >= 11 is 0. The fraction of sp³-hybridized carbons (Fsp3) is 0.542. The molecule has 2 nitrogen and oxygen atoms in total. The average Bonchev–Trinajstić information content (AvgIpc) is 2.43. The van der Waals surface area contributed by atoms with Crippen molar-refractivity contribution in [3.63, 3.8) is 0 Å². The highest BCUT2D eigenvalue weighted by molar-refractivity contribution is 5.89. The van der Waals surface area contributed by atoms with Gasteiger partial charge in [0.1, 0.15) is 0 Å².